The number of rotatable bonds is 15. The van der Waals surface area contributed by atoms with Gasteiger partial charge in [0.15, 0.2) is 6.10 Å². The van der Waals surface area contributed by atoms with Gasteiger partial charge in [-0.05, 0) is 6.42 Å². The Morgan fingerprint density at radius 2 is 1.54 bits per heavy atom. The quantitative estimate of drug-likeness (QED) is 0.274. The molecular weight excluding hydrogens is 306 g/mol. The number of esters is 1. The van der Waals surface area contributed by atoms with E-state index in [9.17, 15) is 9.59 Å². The smallest absolute Gasteiger partial charge is 0.307 e. The Hall–Kier alpha value is -1.10. The van der Waals surface area contributed by atoms with E-state index < -0.39 is 56.4 Å². The molecule has 0 unspecified atom stereocenters. The van der Waals surface area contributed by atoms with E-state index in [1.54, 1.807) is 0 Å². The SMILES string of the molecule is [2H]C([2H])([2H])[N+](C[C@@H](CC(=O)O)OC(=O)CCCCCCCCCCC)(C([2H])([2H])[2H])C([2H])([2H])[2H]. The fourth-order valence-electron chi connectivity index (χ4n) is 2.47. The van der Waals surface area contributed by atoms with Crippen molar-refractivity contribution in [3.63, 3.8) is 0 Å². The minimum absolute atomic E-state index is 0.0543. The van der Waals surface area contributed by atoms with Crippen LogP contribution in [0.1, 0.15) is 89.9 Å². The first-order chi connectivity index (χ1) is 15.0. The fraction of sp³-hybridized carbons (Fsp3) is 0.895. The highest BCUT2D eigenvalue weighted by Gasteiger charge is 2.24. The third-order valence-electron chi connectivity index (χ3n) is 3.66. The summed E-state index contributed by atoms with van der Waals surface area (Å²) in [5, 5.41) is 9.13. The van der Waals surface area contributed by atoms with Crippen LogP contribution in [0.2, 0.25) is 0 Å². The summed E-state index contributed by atoms with van der Waals surface area (Å²) in [7, 11) is 0. The minimum atomic E-state index is -3.54. The molecule has 5 nitrogen and oxygen atoms in total. The predicted molar refractivity (Wildman–Crippen MR) is 96.9 cm³/mol. The third-order valence-corrected chi connectivity index (χ3v) is 3.66. The van der Waals surface area contributed by atoms with Crippen molar-refractivity contribution in [1.29, 1.82) is 0 Å². The second kappa shape index (κ2) is 13.2. The van der Waals surface area contributed by atoms with Crippen LogP contribution in [0, 0.1) is 0 Å². The maximum Gasteiger partial charge on any atom is 0.307 e. The molecule has 5 heteroatoms. The molecule has 0 fully saturated rings. The number of ether oxygens (including phenoxy) is 1. The number of quaternary nitrogens is 1. The van der Waals surface area contributed by atoms with Gasteiger partial charge in [-0.15, -0.1) is 0 Å². The molecular formula is C19H38NO4+. The maximum absolute atomic E-state index is 12.2. The van der Waals surface area contributed by atoms with Crippen LogP contribution in [0.3, 0.4) is 0 Å². The summed E-state index contributed by atoms with van der Waals surface area (Å²) in [6.07, 6.45) is 6.39. The van der Waals surface area contributed by atoms with Gasteiger partial charge in [0.25, 0.3) is 0 Å². The molecule has 0 aromatic rings. The lowest BCUT2D eigenvalue weighted by Gasteiger charge is -2.28. The first-order valence-corrected chi connectivity index (χ1v) is 8.79. The average Bonchev–Trinajstić information content (AvgIpc) is 2.61. The summed E-state index contributed by atoms with van der Waals surface area (Å²) >= 11 is 0. The lowest BCUT2D eigenvalue weighted by molar-refractivity contribution is -0.873. The van der Waals surface area contributed by atoms with Crippen molar-refractivity contribution >= 4 is 11.9 Å². The van der Waals surface area contributed by atoms with Crippen LogP contribution in [-0.2, 0) is 14.3 Å². The van der Waals surface area contributed by atoms with Gasteiger partial charge >= 0.3 is 11.9 Å². The molecule has 0 aromatic heterocycles. The van der Waals surface area contributed by atoms with E-state index in [1.807, 2.05) is 0 Å². The van der Waals surface area contributed by atoms with Gasteiger partial charge in [-0.2, -0.15) is 0 Å². The van der Waals surface area contributed by atoms with E-state index in [1.165, 1.54) is 25.7 Å². The first kappa shape index (κ1) is 11.5. The topological polar surface area (TPSA) is 63.6 Å². The fourth-order valence-corrected chi connectivity index (χ4v) is 2.47. The van der Waals surface area contributed by atoms with Gasteiger partial charge in [0.1, 0.15) is 6.54 Å². The lowest BCUT2D eigenvalue weighted by Crippen LogP contribution is -2.43. The summed E-state index contributed by atoms with van der Waals surface area (Å²) in [6.45, 7) is -9.70. The summed E-state index contributed by atoms with van der Waals surface area (Å²) in [5.74, 6) is -2.29. The van der Waals surface area contributed by atoms with Crippen molar-refractivity contribution in [3.05, 3.63) is 0 Å². The largest absolute Gasteiger partial charge is 0.481 e. The van der Waals surface area contributed by atoms with Crippen molar-refractivity contribution in [2.75, 3.05) is 27.5 Å². The minimum Gasteiger partial charge on any atom is -0.481 e. The first-order valence-electron chi connectivity index (χ1n) is 13.3. The number of aliphatic carboxylic acids is 1. The summed E-state index contributed by atoms with van der Waals surface area (Å²) in [4.78, 5) is 23.5. The van der Waals surface area contributed by atoms with Crippen molar-refractivity contribution in [1.82, 2.24) is 0 Å². The molecule has 1 atom stereocenters. The maximum atomic E-state index is 12.2. The van der Waals surface area contributed by atoms with Gasteiger partial charge in [-0.1, -0.05) is 58.3 Å². The molecule has 0 aliphatic heterocycles. The zero-order valence-electron chi connectivity index (χ0n) is 23.7. The highest BCUT2D eigenvalue weighted by Crippen LogP contribution is 2.12. The van der Waals surface area contributed by atoms with E-state index in [4.69, 9.17) is 22.2 Å². The zero-order chi connectivity index (χ0) is 25.9. The molecule has 0 saturated heterocycles. The number of unbranched alkanes of at least 4 members (excludes halogenated alkanes) is 8. The molecule has 0 heterocycles. The van der Waals surface area contributed by atoms with Crippen LogP contribution in [-0.4, -0.2) is 55.1 Å². The van der Waals surface area contributed by atoms with E-state index in [0.29, 0.717) is 6.42 Å². The number of carboxylic acid groups (broad SMARTS) is 1. The van der Waals surface area contributed by atoms with Crippen LogP contribution in [0.15, 0.2) is 0 Å². The summed E-state index contributed by atoms with van der Waals surface area (Å²) in [6, 6.07) is 0. The predicted octanol–water partition coefficient (Wildman–Crippen LogP) is 4.00. The lowest BCUT2D eigenvalue weighted by atomic mass is 10.1. The molecule has 0 radical (unpaired) electrons. The molecule has 0 saturated carbocycles. The number of hydrogen-bond acceptors (Lipinski definition) is 3. The van der Waals surface area contributed by atoms with Gasteiger partial charge in [0, 0.05) is 6.42 Å². The molecule has 0 aromatic carbocycles. The van der Waals surface area contributed by atoms with Crippen LogP contribution >= 0.6 is 0 Å². The van der Waals surface area contributed by atoms with Crippen molar-refractivity contribution in [3.8, 4) is 0 Å². The third kappa shape index (κ3) is 15.8. The molecule has 0 amide bonds. The van der Waals surface area contributed by atoms with Crippen LogP contribution in [0.5, 0.6) is 0 Å². The van der Waals surface area contributed by atoms with Crippen molar-refractivity contribution < 1.29 is 36.3 Å². The number of carbonyl (C=O) groups excluding carboxylic acids is 1. The highest BCUT2D eigenvalue weighted by molar-refractivity contribution is 5.71. The van der Waals surface area contributed by atoms with E-state index in [-0.39, 0.29) is 6.42 Å². The number of likely N-dealkylation sites (N-methyl/N-ethyl adjacent to an activating group) is 1. The number of carbonyl (C=O) groups is 2. The van der Waals surface area contributed by atoms with E-state index >= 15 is 0 Å². The number of hydrogen-bond donors (Lipinski definition) is 1. The van der Waals surface area contributed by atoms with Gasteiger partial charge in [0.05, 0.1) is 39.7 Å². The number of nitrogens with zero attached hydrogens (tertiary/aromatic N) is 1. The van der Waals surface area contributed by atoms with Gasteiger partial charge in [-0.25, -0.2) is 0 Å². The molecule has 0 bridgehead atoms. The molecule has 0 spiro atoms. The van der Waals surface area contributed by atoms with Crippen LogP contribution < -0.4 is 0 Å². The Morgan fingerprint density at radius 3 is 2.04 bits per heavy atom. The second-order valence-corrected chi connectivity index (χ2v) is 6.28. The standard InChI is InChI=1S/C19H37NO4/c1-5-6-7-8-9-10-11-12-13-14-19(23)24-17(15-18(21)22)16-20(2,3)4/h17H,5-16H2,1-4H3/p+1/t17-/m1/s1/i2D3,3D3,4D3. The molecule has 24 heavy (non-hydrogen) atoms. The Bertz CT molecular complexity index is 568. The Labute approximate surface area is 160 Å². The normalized spacial score (nSPS) is 20.0. The number of carboxylic acids is 1. The van der Waals surface area contributed by atoms with Gasteiger partial charge in [-0.3, -0.25) is 9.59 Å². The van der Waals surface area contributed by atoms with E-state index in [2.05, 4.69) is 6.92 Å². The van der Waals surface area contributed by atoms with Crippen LogP contribution in [0.25, 0.3) is 0 Å². The monoisotopic (exact) mass is 353 g/mol. The zero-order valence-corrected chi connectivity index (χ0v) is 14.7. The molecule has 0 rings (SSSR count). The molecule has 142 valence electrons. The average molecular weight is 354 g/mol. The molecule has 0 aliphatic carbocycles. The molecule has 1 N–H and O–H groups in total. The Morgan fingerprint density at radius 1 is 1.00 bits per heavy atom. The summed E-state index contributed by atoms with van der Waals surface area (Å²) < 4.78 is 71.4. The van der Waals surface area contributed by atoms with Gasteiger partial charge < -0.3 is 14.3 Å². The van der Waals surface area contributed by atoms with E-state index in [0.717, 1.165) is 25.7 Å². The Balaban J connectivity index is 5.12. The second-order valence-electron chi connectivity index (χ2n) is 6.28. The van der Waals surface area contributed by atoms with Crippen LogP contribution in [0.4, 0.5) is 0 Å². The Kier molecular flexibility index (Phi) is 6.34. The van der Waals surface area contributed by atoms with Crippen molar-refractivity contribution in [2.24, 2.45) is 0 Å². The molecule has 0 aliphatic rings. The highest BCUT2D eigenvalue weighted by atomic mass is 16.5. The van der Waals surface area contributed by atoms with Gasteiger partial charge in [0.2, 0.25) is 0 Å². The summed E-state index contributed by atoms with van der Waals surface area (Å²) in [5.41, 5.74) is 0. The van der Waals surface area contributed by atoms with Crippen molar-refractivity contribution in [2.45, 2.75) is 83.7 Å².